The molecule has 0 N–H and O–H groups in total. The maximum absolute atomic E-state index is 7.88. The molecule has 3 aromatic heterocycles. The first-order chi connectivity index (χ1) is 34.0. The smallest absolute Gasteiger partial charge is 0 e. The average Bonchev–Trinajstić information content (AvgIpc) is 3.98. The van der Waals surface area contributed by atoms with Gasteiger partial charge in [0.1, 0.15) is 0 Å². The Balaban J connectivity index is 0.000000292. The number of benzene rings is 9. The number of thiophene rings is 1. The van der Waals surface area contributed by atoms with Crippen molar-refractivity contribution in [3.05, 3.63) is 230 Å². The van der Waals surface area contributed by atoms with Crippen molar-refractivity contribution in [1.82, 2.24) is 14.5 Å². The van der Waals surface area contributed by atoms with Gasteiger partial charge in [-0.05, 0) is 68.2 Å². The fourth-order valence-corrected chi connectivity index (χ4v) is 12.5. The van der Waals surface area contributed by atoms with E-state index in [2.05, 4.69) is 185 Å². The molecule has 12 aromatic rings. The van der Waals surface area contributed by atoms with Crippen LogP contribution in [-0.2, 0) is 20.1 Å². The van der Waals surface area contributed by atoms with Gasteiger partial charge in [0.25, 0.3) is 0 Å². The van der Waals surface area contributed by atoms with Crippen molar-refractivity contribution in [2.75, 3.05) is 0 Å². The van der Waals surface area contributed by atoms with E-state index in [0.29, 0.717) is 5.56 Å². The summed E-state index contributed by atoms with van der Waals surface area (Å²) in [5, 5.41) is 4.63. The fourth-order valence-electron chi connectivity index (χ4n) is 9.12. The van der Waals surface area contributed by atoms with E-state index in [1.165, 1.54) is 9.78 Å². The molecule has 0 spiro atoms. The summed E-state index contributed by atoms with van der Waals surface area (Å²) in [5.41, 5.74) is 12.9. The van der Waals surface area contributed by atoms with Crippen molar-refractivity contribution in [2.45, 2.75) is 24.1 Å². The molecule has 0 amide bonds. The van der Waals surface area contributed by atoms with Gasteiger partial charge in [-0.25, -0.2) is 0 Å². The predicted octanol–water partition coefficient (Wildman–Crippen LogP) is 16.4. The second-order valence-corrected chi connectivity index (χ2v) is 29.5. The van der Waals surface area contributed by atoms with E-state index in [9.17, 15) is 0 Å². The summed E-state index contributed by atoms with van der Waals surface area (Å²) in [6.07, 6.45) is 2.04. The first kappa shape index (κ1) is 41.5. The maximum atomic E-state index is 7.88. The summed E-state index contributed by atoms with van der Waals surface area (Å²) in [4.78, 5) is 9.93. The molecule has 0 aliphatic heterocycles. The van der Waals surface area contributed by atoms with Crippen LogP contribution >= 0.6 is 11.3 Å². The minimum atomic E-state index is -2.15. The first-order valence-corrected chi connectivity index (χ1v) is 30.7. The number of imidazole rings is 1. The van der Waals surface area contributed by atoms with Crippen molar-refractivity contribution in [1.29, 1.82) is 0 Å². The molecule has 0 fully saturated rings. The topological polar surface area (TPSA) is 30.7 Å². The molecular formula is C62H47GeIrN3S-2. The largest absolute Gasteiger partial charge is 0 e. The molecule has 0 aliphatic rings. The molecule has 3 heterocycles. The Labute approximate surface area is 422 Å². The normalized spacial score (nSPS) is 12.2. The van der Waals surface area contributed by atoms with Crippen LogP contribution in [0.3, 0.4) is 0 Å². The third-order valence-corrected chi connectivity index (χ3v) is 17.9. The second-order valence-electron chi connectivity index (χ2n) is 17.8. The Morgan fingerprint density at radius 3 is 1.90 bits per heavy atom. The number of para-hydroxylation sites is 3. The molecule has 1 radical (unpaired) electrons. The Hall–Kier alpha value is -6.73. The van der Waals surface area contributed by atoms with E-state index >= 15 is 0 Å². The zero-order valence-electron chi connectivity index (χ0n) is 40.8. The van der Waals surface area contributed by atoms with Gasteiger partial charge >= 0.3 is 99.8 Å². The molecule has 0 bridgehead atoms. The Bertz CT molecular complexity index is 3770. The van der Waals surface area contributed by atoms with Crippen LogP contribution in [-0.4, -0.2) is 27.8 Å². The number of aromatic nitrogens is 3. The molecule has 0 atom stereocenters. The van der Waals surface area contributed by atoms with Gasteiger partial charge in [0.15, 0.2) is 0 Å². The van der Waals surface area contributed by atoms with E-state index in [1.54, 1.807) is 23.5 Å². The van der Waals surface area contributed by atoms with Crippen LogP contribution in [0.5, 0.6) is 0 Å². The number of hydrogen-bond acceptors (Lipinski definition) is 3. The molecule has 6 heteroatoms. The maximum Gasteiger partial charge on any atom is 0 e. The van der Waals surface area contributed by atoms with Gasteiger partial charge in [-0.2, -0.15) is 11.3 Å². The van der Waals surface area contributed by atoms with Crippen molar-refractivity contribution in [2.24, 2.45) is 0 Å². The number of fused-ring (bicyclic) bond motifs is 6. The number of pyridine rings is 1. The molecule has 0 aliphatic carbocycles. The van der Waals surface area contributed by atoms with Crippen LogP contribution in [0.2, 0.25) is 17.3 Å². The molecule has 331 valence electrons. The zero-order chi connectivity index (χ0) is 48.0. The average molecular weight is 1130 g/mol. The van der Waals surface area contributed by atoms with Crippen molar-refractivity contribution >= 4 is 71.0 Å². The van der Waals surface area contributed by atoms with Crippen LogP contribution in [0.25, 0.3) is 104 Å². The second kappa shape index (κ2) is 19.1. The minimum Gasteiger partial charge on any atom is 0 e. The SMILES string of the molecule is [2H]C([2H])([2H])c1ccc(-c2cc3sc4c(-c5nc6ccccc6n5-c5c(-c6ccccc6)cccc5-c5ccccc5)[c-]ccc4c3c3ccccc23)cc1.[CH3][Ge]([CH3])([CH3])[c]1ccc(-c2[c-]cccc2)nc1.[Ir]. The van der Waals surface area contributed by atoms with E-state index in [-0.39, 0.29) is 20.1 Å². The van der Waals surface area contributed by atoms with Gasteiger partial charge in [-0.15, -0.1) is 18.2 Å². The van der Waals surface area contributed by atoms with Crippen LogP contribution in [0.1, 0.15) is 9.68 Å². The van der Waals surface area contributed by atoms with Gasteiger partial charge in [-0.3, -0.25) is 4.98 Å². The van der Waals surface area contributed by atoms with E-state index < -0.39 is 20.1 Å². The first-order valence-electron chi connectivity index (χ1n) is 24.1. The summed E-state index contributed by atoms with van der Waals surface area (Å²) in [6.45, 7) is -2.15. The van der Waals surface area contributed by atoms with Crippen LogP contribution in [0, 0.1) is 19.0 Å². The molecular weight excluding hydrogens is 1080 g/mol. The Kier molecular flexibility index (Phi) is 11.6. The summed E-state index contributed by atoms with van der Waals surface area (Å²) in [6, 6.07) is 77.5. The molecule has 3 nitrogen and oxygen atoms in total. The number of aryl methyl sites for hydroxylation is 1. The van der Waals surface area contributed by atoms with E-state index in [1.807, 2.05) is 54.7 Å². The van der Waals surface area contributed by atoms with Gasteiger partial charge < -0.3 is 4.57 Å². The Morgan fingerprint density at radius 2 is 1.24 bits per heavy atom. The van der Waals surface area contributed by atoms with Crippen molar-refractivity contribution < 1.29 is 24.2 Å². The molecule has 0 saturated carbocycles. The number of hydrogen-bond donors (Lipinski definition) is 0. The molecule has 0 saturated heterocycles. The third-order valence-electron chi connectivity index (χ3n) is 12.5. The van der Waals surface area contributed by atoms with Crippen LogP contribution < -0.4 is 4.40 Å². The quantitative estimate of drug-likeness (QED) is 0.118. The van der Waals surface area contributed by atoms with Gasteiger partial charge in [0.05, 0.1) is 22.5 Å². The monoisotopic (exact) mass is 1140 g/mol. The molecule has 68 heavy (non-hydrogen) atoms. The third kappa shape index (κ3) is 8.57. The molecule has 0 unspecified atom stereocenters. The summed E-state index contributed by atoms with van der Waals surface area (Å²) >= 11 is 0.0387. The van der Waals surface area contributed by atoms with Crippen LogP contribution in [0.4, 0.5) is 0 Å². The van der Waals surface area contributed by atoms with E-state index in [0.717, 1.165) is 98.3 Å². The van der Waals surface area contributed by atoms with Crippen LogP contribution in [0.15, 0.2) is 212 Å². The Morgan fingerprint density at radius 1 is 0.574 bits per heavy atom. The molecule has 12 rings (SSSR count). The van der Waals surface area contributed by atoms with Gasteiger partial charge in [0.2, 0.25) is 0 Å². The van der Waals surface area contributed by atoms with Crippen molar-refractivity contribution in [3.63, 3.8) is 0 Å². The summed E-state index contributed by atoms with van der Waals surface area (Å²) in [5.74, 6) is 7.97. The van der Waals surface area contributed by atoms with Gasteiger partial charge in [-0.1, -0.05) is 156 Å². The number of nitrogens with zero attached hydrogens (tertiary/aromatic N) is 3. The standard InChI is InChI=1S/C48H31N2S.C14H16GeN.Ir/c1-31-26-28-34(29-27-31)41-30-44-45(38-19-9-8-18-37(38)41)39-22-13-23-40(47(39)51-44)48-49-42-24-10-11-25-43(42)50(48)46-35(32-14-4-2-5-15-32)20-12-21-36(46)33-16-6-3-7-17-33;1-15(2,3)13-9-10-14(16-11-13)12-7-5-4-6-8-12;/h2-22,24-30H,1H3;4-7,9-11H,1-3H3;/q2*-1;/i1D3;;. The zero-order valence-corrected chi connectivity index (χ0v) is 43.1. The number of rotatable bonds is 7. The van der Waals surface area contributed by atoms with Gasteiger partial charge in [0, 0.05) is 40.0 Å². The summed E-state index contributed by atoms with van der Waals surface area (Å²) in [7, 11) is 0. The van der Waals surface area contributed by atoms with E-state index in [4.69, 9.17) is 9.10 Å². The fraction of sp³-hybridized carbons (Fsp3) is 0.0645. The minimum absolute atomic E-state index is 0. The van der Waals surface area contributed by atoms with Crippen molar-refractivity contribution in [3.8, 4) is 61.7 Å². The summed E-state index contributed by atoms with van der Waals surface area (Å²) < 4.78 is 29.7. The molecule has 9 aromatic carbocycles. The predicted molar refractivity (Wildman–Crippen MR) is 288 cm³/mol.